The van der Waals surface area contributed by atoms with E-state index < -0.39 is 0 Å². The molecule has 4 rings (SSSR count). The number of nitrogens with zero attached hydrogens (tertiary/aromatic N) is 1. The quantitative estimate of drug-likeness (QED) is 0.641. The topological polar surface area (TPSA) is 73.6 Å². The summed E-state index contributed by atoms with van der Waals surface area (Å²) in [7, 11) is 0. The number of aromatic nitrogens is 3. The normalized spacial score (nSPS) is 16.7. The molecule has 0 saturated heterocycles. The van der Waals surface area contributed by atoms with Crippen LogP contribution in [0.4, 0.5) is 0 Å². The van der Waals surface area contributed by atoms with Gasteiger partial charge in [0.1, 0.15) is 0 Å². The van der Waals surface area contributed by atoms with Crippen molar-refractivity contribution < 1.29 is 4.79 Å². The van der Waals surface area contributed by atoms with Crippen molar-refractivity contribution in [1.82, 2.24) is 20.5 Å². The maximum absolute atomic E-state index is 12.5. The molecule has 6 heteroatoms. The number of fused-ring (bicyclic) bond motifs is 3. The maximum atomic E-state index is 12.5. The fraction of sp³-hybridized carbons (Fsp3) is 0.400. The lowest BCUT2D eigenvalue weighted by Crippen LogP contribution is -2.31. The second kappa shape index (κ2) is 6.80. The molecular formula is C20H23ClN4O. The highest BCUT2D eigenvalue weighted by Gasteiger charge is 2.25. The minimum atomic E-state index is 0.0453. The van der Waals surface area contributed by atoms with Crippen LogP contribution in [0.25, 0.3) is 10.9 Å². The Bertz CT molecular complexity index is 952. The molecule has 1 atom stereocenters. The maximum Gasteiger partial charge on any atom is 0.220 e. The first-order chi connectivity index (χ1) is 12.5. The van der Waals surface area contributed by atoms with Crippen molar-refractivity contribution in [3.63, 3.8) is 0 Å². The molecule has 3 N–H and O–H groups in total. The summed E-state index contributed by atoms with van der Waals surface area (Å²) >= 11 is 6.16. The summed E-state index contributed by atoms with van der Waals surface area (Å²) in [5.74, 6) is 0.0829. The number of aryl methyl sites for hydroxylation is 3. The Morgan fingerprint density at radius 1 is 1.38 bits per heavy atom. The van der Waals surface area contributed by atoms with Gasteiger partial charge in [-0.2, -0.15) is 5.10 Å². The standard InChI is InChI=1S/C20H23ClN4O/c1-11-14(12(2)25-24-11)7-9-19(26)22-18-5-3-4-15-16-10-13(21)6-8-17(16)23-20(15)18/h6,8,10,18,23H,3-5,7,9H2,1-2H3,(H,22,26)(H,24,25)/t18-/m1/s1. The molecule has 0 aliphatic heterocycles. The number of amides is 1. The van der Waals surface area contributed by atoms with Crippen molar-refractivity contribution in [2.75, 3.05) is 0 Å². The highest BCUT2D eigenvalue weighted by Crippen LogP contribution is 2.35. The van der Waals surface area contributed by atoms with Gasteiger partial charge in [-0.3, -0.25) is 9.89 Å². The van der Waals surface area contributed by atoms with E-state index in [-0.39, 0.29) is 11.9 Å². The van der Waals surface area contributed by atoms with Gasteiger partial charge in [0.15, 0.2) is 0 Å². The van der Waals surface area contributed by atoms with Crippen LogP contribution in [-0.2, 0) is 17.6 Å². The number of benzene rings is 1. The molecule has 2 heterocycles. The number of nitrogens with one attached hydrogen (secondary N) is 3. The Morgan fingerprint density at radius 3 is 3.00 bits per heavy atom. The van der Waals surface area contributed by atoms with E-state index in [1.54, 1.807) is 0 Å². The van der Waals surface area contributed by atoms with Crippen molar-refractivity contribution in [3.8, 4) is 0 Å². The second-order valence-corrected chi connectivity index (χ2v) is 7.57. The van der Waals surface area contributed by atoms with Crippen LogP contribution in [0.3, 0.4) is 0 Å². The van der Waals surface area contributed by atoms with Gasteiger partial charge < -0.3 is 10.3 Å². The molecule has 0 bridgehead atoms. The lowest BCUT2D eigenvalue weighted by Gasteiger charge is -2.24. The summed E-state index contributed by atoms with van der Waals surface area (Å²) in [5.41, 5.74) is 6.68. The molecular weight excluding hydrogens is 348 g/mol. The lowest BCUT2D eigenvalue weighted by atomic mass is 9.91. The Balaban J connectivity index is 1.49. The minimum absolute atomic E-state index is 0.0453. The van der Waals surface area contributed by atoms with Crippen LogP contribution in [0, 0.1) is 13.8 Å². The molecule has 0 spiro atoms. The monoisotopic (exact) mass is 370 g/mol. The number of hydrogen-bond acceptors (Lipinski definition) is 2. The van der Waals surface area contributed by atoms with Crippen molar-refractivity contribution in [1.29, 1.82) is 0 Å². The van der Waals surface area contributed by atoms with Crippen molar-refractivity contribution in [3.05, 3.63) is 51.4 Å². The lowest BCUT2D eigenvalue weighted by molar-refractivity contribution is -0.121. The zero-order valence-corrected chi connectivity index (χ0v) is 15.8. The van der Waals surface area contributed by atoms with Gasteiger partial charge in [0.2, 0.25) is 5.91 Å². The predicted octanol–water partition coefficient (Wildman–Crippen LogP) is 4.29. The summed E-state index contributed by atoms with van der Waals surface area (Å²) in [4.78, 5) is 16.0. The summed E-state index contributed by atoms with van der Waals surface area (Å²) in [5, 5.41) is 12.3. The van der Waals surface area contributed by atoms with Gasteiger partial charge in [0.05, 0.1) is 11.7 Å². The number of hydrogen-bond donors (Lipinski definition) is 3. The van der Waals surface area contributed by atoms with E-state index in [0.29, 0.717) is 12.8 Å². The third-order valence-corrected chi connectivity index (χ3v) is 5.62. The van der Waals surface area contributed by atoms with E-state index in [0.717, 1.165) is 52.4 Å². The van der Waals surface area contributed by atoms with Gasteiger partial charge in [0.25, 0.3) is 0 Å². The molecule has 0 radical (unpaired) electrons. The molecule has 0 unspecified atom stereocenters. The van der Waals surface area contributed by atoms with Gasteiger partial charge in [-0.15, -0.1) is 0 Å². The van der Waals surface area contributed by atoms with Crippen LogP contribution in [0.1, 0.15) is 53.5 Å². The summed E-state index contributed by atoms with van der Waals surface area (Å²) in [6.45, 7) is 3.97. The third kappa shape index (κ3) is 3.12. The zero-order valence-electron chi connectivity index (χ0n) is 15.1. The van der Waals surface area contributed by atoms with E-state index in [2.05, 4.69) is 20.5 Å². The second-order valence-electron chi connectivity index (χ2n) is 7.13. The molecule has 1 aliphatic rings. The molecule has 5 nitrogen and oxygen atoms in total. The smallest absolute Gasteiger partial charge is 0.220 e. The predicted molar refractivity (Wildman–Crippen MR) is 104 cm³/mol. The van der Waals surface area contributed by atoms with Crippen LogP contribution in [-0.4, -0.2) is 21.1 Å². The molecule has 1 aromatic carbocycles. The molecule has 1 aliphatic carbocycles. The third-order valence-electron chi connectivity index (χ3n) is 5.39. The van der Waals surface area contributed by atoms with Crippen LogP contribution < -0.4 is 5.32 Å². The van der Waals surface area contributed by atoms with E-state index in [4.69, 9.17) is 11.6 Å². The Hall–Kier alpha value is -2.27. The van der Waals surface area contributed by atoms with Gasteiger partial charge in [0, 0.05) is 33.7 Å². The number of aromatic amines is 2. The highest BCUT2D eigenvalue weighted by molar-refractivity contribution is 6.31. The molecule has 1 amide bonds. The molecule has 26 heavy (non-hydrogen) atoms. The molecule has 0 saturated carbocycles. The molecule has 0 fully saturated rings. The van der Waals surface area contributed by atoms with E-state index in [9.17, 15) is 4.79 Å². The first kappa shape index (κ1) is 17.2. The van der Waals surface area contributed by atoms with E-state index >= 15 is 0 Å². The average molecular weight is 371 g/mol. The Morgan fingerprint density at radius 2 is 2.23 bits per heavy atom. The van der Waals surface area contributed by atoms with Gasteiger partial charge >= 0.3 is 0 Å². The summed E-state index contributed by atoms with van der Waals surface area (Å²) in [6.07, 6.45) is 4.23. The SMILES string of the molecule is Cc1n[nH]c(C)c1CCC(=O)N[C@@H]1CCCc2c1[nH]c1ccc(Cl)cc21. The first-order valence-electron chi connectivity index (χ1n) is 9.12. The van der Waals surface area contributed by atoms with E-state index in [1.165, 1.54) is 10.9 Å². The van der Waals surface area contributed by atoms with Gasteiger partial charge in [-0.05, 0) is 68.9 Å². The fourth-order valence-electron chi connectivity index (χ4n) is 4.03. The fourth-order valence-corrected chi connectivity index (χ4v) is 4.20. The number of rotatable bonds is 4. The summed E-state index contributed by atoms with van der Waals surface area (Å²) < 4.78 is 0. The average Bonchev–Trinajstić information content (AvgIpc) is 3.14. The van der Waals surface area contributed by atoms with Crippen LogP contribution in [0.15, 0.2) is 18.2 Å². The molecule has 136 valence electrons. The van der Waals surface area contributed by atoms with Gasteiger partial charge in [-0.25, -0.2) is 0 Å². The largest absolute Gasteiger partial charge is 0.356 e. The number of halogens is 1. The van der Waals surface area contributed by atoms with Crippen molar-refractivity contribution >= 4 is 28.4 Å². The van der Waals surface area contributed by atoms with Crippen molar-refractivity contribution in [2.24, 2.45) is 0 Å². The minimum Gasteiger partial charge on any atom is -0.356 e. The Kier molecular flexibility index (Phi) is 4.49. The van der Waals surface area contributed by atoms with Crippen LogP contribution in [0.2, 0.25) is 5.02 Å². The van der Waals surface area contributed by atoms with Crippen LogP contribution >= 0.6 is 11.6 Å². The van der Waals surface area contributed by atoms with E-state index in [1.807, 2.05) is 32.0 Å². The number of H-pyrrole nitrogens is 2. The first-order valence-corrected chi connectivity index (χ1v) is 9.50. The number of carbonyl (C=O) groups is 1. The van der Waals surface area contributed by atoms with Crippen LogP contribution in [0.5, 0.6) is 0 Å². The molecule has 3 aromatic rings. The Labute approximate surface area is 157 Å². The number of carbonyl (C=O) groups excluding carboxylic acids is 1. The summed E-state index contributed by atoms with van der Waals surface area (Å²) in [6, 6.07) is 5.97. The van der Waals surface area contributed by atoms with Crippen molar-refractivity contribution in [2.45, 2.75) is 52.0 Å². The molecule has 2 aromatic heterocycles. The highest BCUT2D eigenvalue weighted by atomic mass is 35.5. The zero-order chi connectivity index (χ0) is 18.3. The van der Waals surface area contributed by atoms with Gasteiger partial charge in [-0.1, -0.05) is 11.6 Å².